The van der Waals surface area contributed by atoms with Crippen molar-refractivity contribution in [1.29, 1.82) is 0 Å². The summed E-state index contributed by atoms with van der Waals surface area (Å²) in [6.45, 7) is 3.75. The van der Waals surface area contributed by atoms with Crippen molar-refractivity contribution in [2.75, 3.05) is 5.88 Å². The van der Waals surface area contributed by atoms with Crippen LogP contribution in [-0.4, -0.2) is 27.1 Å². The highest BCUT2D eigenvalue weighted by molar-refractivity contribution is 6.18. The average molecular weight is 278 g/mol. The van der Waals surface area contributed by atoms with Crippen molar-refractivity contribution in [1.82, 2.24) is 15.1 Å². The molecule has 2 rings (SSSR count). The second-order valence-electron chi connectivity index (χ2n) is 4.98. The lowest BCUT2D eigenvalue weighted by atomic mass is 10.1. The zero-order chi connectivity index (χ0) is 13.9. The molecule has 19 heavy (non-hydrogen) atoms. The highest BCUT2D eigenvalue weighted by atomic mass is 35.5. The van der Waals surface area contributed by atoms with Crippen LogP contribution in [0.1, 0.15) is 24.2 Å². The van der Waals surface area contributed by atoms with E-state index in [1.807, 2.05) is 44.2 Å². The lowest BCUT2D eigenvalue weighted by Crippen LogP contribution is -2.44. The quantitative estimate of drug-likeness (QED) is 0.874. The van der Waals surface area contributed by atoms with E-state index in [4.69, 9.17) is 11.6 Å². The molecular weight excluding hydrogens is 262 g/mol. The van der Waals surface area contributed by atoms with Crippen LogP contribution in [0, 0.1) is 0 Å². The number of aromatic nitrogens is 2. The Labute approximate surface area is 117 Å². The highest BCUT2D eigenvalue weighted by Gasteiger charge is 2.20. The summed E-state index contributed by atoms with van der Waals surface area (Å²) in [7, 11) is 0. The Morgan fingerprint density at radius 2 is 2.05 bits per heavy atom. The molecule has 100 valence electrons. The number of rotatable bonds is 4. The summed E-state index contributed by atoms with van der Waals surface area (Å²) in [6.07, 6.45) is 3.25. The first-order chi connectivity index (χ1) is 9.02. The van der Waals surface area contributed by atoms with Crippen molar-refractivity contribution in [3.05, 3.63) is 48.3 Å². The first-order valence-corrected chi connectivity index (χ1v) is 6.54. The number of amides is 1. The van der Waals surface area contributed by atoms with Crippen molar-refractivity contribution in [2.24, 2.45) is 0 Å². The third-order valence-electron chi connectivity index (χ3n) is 2.65. The summed E-state index contributed by atoms with van der Waals surface area (Å²) in [5.41, 5.74) is 0.994. The van der Waals surface area contributed by atoms with Crippen LogP contribution in [-0.2, 0) is 0 Å². The third-order valence-corrected chi connectivity index (χ3v) is 3.32. The number of nitrogens with zero attached hydrogens (tertiary/aromatic N) is 2. The minimum absolute atomic E-state index is 0.173. The lowest BCUT2D eigenvalue weighted by molar-refractivity contribution is 0.0920. The molecule has 0 fully saturated rings. The van der Waals surface area contributed by atoms with E-state index in [9.17, 15) is 4.79 Å². The van der Waals surface area contributed by atoms with Gasteiger partial charge < -0.3 is 5.32 Å². The van der Waals surface area contributed by atoms with Crippen molar-refractivity contribution in [3.63, 3.8) is 0 Å². The topological polar surface area (TPSA) is 46.9 Å². The van der Waals surface area contributed by atoms with Gasteiger partial charge in [0.2, 0.25) is 0 Å². The normalized spacial score (nSPS) is 11.3. The van der Waals surface area contributed by atoms with E-state index >= 15 is 0 Å². The highest BCUT2D eigenvalue weighted by Crippen LogP contribution is 2.10. The lowest BCUT2D eigenvalue weighted by Gasteiger charge is -2.22. The van der Waals surface area contributed by atoms with E-state index in [0.717, 1.165) is 5.69 Å². The molecule has 1 aromatic heterocycles. The minimum Gasteiger partial charge on any atom is -0.346 e. The maximum absolute atomic E-state index is 12.0. The predicted molar refractivity (Wildman–Crippen MR) is 75.8 cm³/mol. The Kier molecular flexibility index (Phi) is 3.90. The van der Waals surface area contributed by atoms with Crippen LogP contribution in [0.25, 0.3) is 5.69 Å². The van der Waals surface area contributed by atoms with Gasteiger partial charge in [-0.3, -0.25) is 4.79 Å². The summed E-state index contributed by atoms with van der Waals surface area (Å²) in [4.78, 5) is 12.0. The Hall–Kier alpha value is -1.81. The van der Waals surface area contributed by atoms with Crippen LogP contribution in [0.4, 0.5) is 0 Å². The molecule has 1 amide bonds. The molecule has 0 saturated carbocycles. The minimum atomic E-state index is -0.437. The van der Waals surface area contributed by atoms with E-state index in [1.54, 1.807) is 17.1 Å². The maximum Gasteiger partial charge on any atom is 0.254 e. The fraction of sp³-hybridized carbons (Fsp3) is 0.286. The molecule has 1 heterocycles. The molecule has 0 spiro atoms. The van der Waals surface area contributed by atoms with Gasteiger partial charge in [-0.1, -0.05) is 18.2 Å². The van der Waals surface area contributed by atoms with Crippen molar-refractivity contribution < 1.29 is 4.79 Å². The van der Waals surface area contributed by atoms with E-state index in [-0.39, 0.29) is 5.91 Å². The summed E-state index contributed by atoms with van der Waals surface area (Å²) in [5.74, 6) is 0.179. The number of para-hydroxylation sites is 1. The standard InChI is InChI=1S/C14H16ClN3O/c1-14(2,10-15)17-13(19)11-8-16-18(9-11)12-6-4-3-5-7-12/h3-9H,10H2,1-2H3,(H,17,19). The molecule has 0 aliphatic rings. The van der Waals surface area contributed by atoms with Gasteiger partial charge in [0.1, 0.15) is 0 Å². The van der Waals surface area contributed by atoms with Crippen LogP contribution in [0.15, 0.2) is 42.7 Å². The van der Waals surface area contributed by atoms with Crippen LogP contribution < -0.4 is 5.32 Å². The molecule has 0 aliphatic heterocycles. The number of nitrogens with one attached hydrogen (secondary N) is 1. The third kappa shape index (κ3) is 3.35. The number of hydrogen-bond donors (Lipinski definition) is 1. The molecule has 1 aromatic carbocycles. The predicted octanol–water partition coefficient (Wildman–Crippen LogP) is 2.62. The largest absolute Gasteiger partial charge is 0.346 e. The number of hydrogen-bond acceptors (Lipinski definition) is 2. The molecule has 0 bridgehead atoms. The monoisotopic (exact) mass is 277 g/mol. The van der Waals surface area contributed by atoms with Gasteiger partial charge in [-0.25, -0.2) is 4.68 Å². The molecule has 4 nitrogen and oxygen atoms in total. The molecule has 0 unspecified atom stereocenters. The number of carbonyl (C=O) groups is 1. The van der Waals surface area contributed by atoms with Crippen LogP contribution in [0.5, 0.6) is 0 Å². The number of carbonyl (C=O) groups excluding carboxylic acids is 1. The van der Waals surface area contributed by atoms with Gasteiger partial charge in [0.15, 0.2) is 0 Å². The summed E-state index contributed by atoms with van der Waals surface area (Å²) in [6, 6.07) is 9.64. The Bertz CT molecular complexity index is 563. The first kappa shape index (κ1) is 13.6. The Morgan fingerprint density at radius 3 is 2.68 bits per heavy atom. The van der Waals surface area contributed by atoms with E-state index in [2.05, 4.69) is 10.4 Å². The molecular formula is C14H16ClN3O. The molecule has 0 atom stereocenters. The summed E-state index contributed by atoms with van der Waals surface area (Å²) < 4.78 is 1.67. The Morgan fingerprint density at radius 1 is 1.37 bits per heavy atom. The maximum atomic E-state index is 12.0. The van der Waals surface area contributed by atoms with E-state index in [0.29, 0.717) is 11.4 Å². The zero-order valence-corrected chi connectivity index (χ0v) is 11.7. The second kappa shape index (κ2) is 5.45. The summed E-state index contributed by atoms with van der Waals surface area (Å²) in [5, 5.41) is 7.05. The molecule has 0 radical (unpaired) electrons. The average Bonchev–Trinajstić information content (AvgIpc) is 2.89. The van der Waals surface area contributed by atoms with Gasteiger partial charge >= 0.3 is 0 Å². The molecule has 5 heteroatoms. The molecule has 0 saturated heterocycles. The van der Waals surface area contributed by atoms with Crippen molar-refractivity contribution >= 4 is 17.5 Å². The molecule has 1 N–H and O–H groups in total. The summed E-state index contributed by atoms with van der Waals surface area (Å²) >= 11 is 5.79. The van der Waals surface area contributed by atoms with Crippen LogP contribution in [0.2, 0.25) is 0 Å². The second-order valence-corrected chi connectivity index (χ2v) is 5.25. The van der Waals surface area contributed by atoms with Gasteiger partial charge in [-0.2, -0.15) is 5.10 Å². The fourth-order valence-electron chi connectivity index (χ4n) is 1.57. The van der Waals surface area contributed by atoms with Crippen LogP contribution in [0.3, 0.4) is 0 Å². The molecule has 2 aromatic rings. The van der Waals surface area contributed by atoms with Crippen LogP contribution >= 0.6 is 11.6 Å². The first-order valence-electron chi connectivity index (χ1n) is 6.00. The van der Waals surface area contributed by atoms with Crippen molar-refractivity contribution in [3.8, 4) is 5.69 Å². The van der Waals surface area contributed by atoms with Crippen molar-refractivity contribution in [2.45, 2.75) is 19.4 Å². The van der Waals surface area contributed by atoms with E-state index in [1.165, 1.54) is 0 Å². The number of halogens is 1. The van der Waals surface area contributed by atoms with Gasteiger partial charge in [-0.05, 0) is 26.0 Å². The zero-order valence-electron chi connectivity index (χ0n) is 10.9. The van der Waals surface area contributed by atoms with Gasteiger partial charge in [0, 0.05) is 17.6 Å². The number of alkyl halides is 1. The number of benzene rings is 1. The SMILES string of the molecule is CC(C)(CCl)NC(=O)c1cnn(-c2ccccc2)c1. The van der Waals surface area contributed by atoms with Gasteiger partial charge in [0.25, 0.3) is 5.91 Å². The van der Waals surface area contributed by atoms with E-state index < -0.39 is 5.54 Å². The van der Waals surface area contributed by atoms with Gasteiger partial charge in [0.05, 0.1) is 17.4 Å². The fourth-order valence-corrected chi connectivity index (χ4v) is 1.64. The Balaban J connectivity index is 2.16. The van der Waals surface area contributed by atoms with Gasteiger partial charge in [-0.15, -0.1) is 11.6 Å². The smallest absolute Gasteiger partial charge is 0.254 e. The molecule has 0 aliphatic carbocycles.